The molecule has 0 aliphatic carbocycles. The largest absolute Gasteiger partial charge is 0.472 e. The highest BCUT2D eigenvalue weighted by atomic mass is 79.9. The van der Waals surface area contributed by atoms with Crippen LogP contribution in [0.3, 0.4) is 0 Å². The molecular weight excluding hydrogens is 228 g/mol. The van der Waals surface area contributed by atoms with Gasteiger partial charge in [0.1, 0.15) is 0 Å². The third-order valence-corrected chi connectivity index (χ3v) is 2.60. The van der Waals surface area contributed by atoms with E-state index in [1.165, 1.54) is 0 Å². The fourth-order valence-corrected chi connectivity index (χ4v) is 1.74. The third-order valence-electron chi connectivity index (χ3n) is 1.91. The zero-order valence-electron chi connectivity index (χ0n) is 6.96. The highest BCUT2D eigenvalue weighted by Gasteiger charge is 2.06. The number of hydrogen-bond donors (Lipinski definition) is 0. The van der Waals surface area contributed by atoms with E-state index in [9.17, 15) is 0 Å². The van der Waals surface area contributed by atoms with Crippen molar-refractivity contribution in [2.24, 2.45) is 0 Å². The SMILES string of the molecule is [CH2]c1cocc1-c1ccccc1Br. The fourth-order valence-electron chi connectivity index (χ4n) is 1.24. The summed E-state index contributed by atoms with van der Waals surface area (Å²) in [6.07, 6.45) is 3.36. The van der Waals surface area contributed by atoms with Crippen LogP contribution in [0.25, 0.3) is 11.1 Å². The molecule has 0 fully saturated rings. The Morgan fingerprint density at radius 1 is 1.08 bits per heavy atom. The maximum atomic E-state index is 5.07. The Hall–Kier alpha value is -1.02. The van der Waals surface area contributed by atoms with Crippen molar-refractivity contribution in [3.63, 3.8) is 0 Å². The third kappa shape index (κ3) is 1.54. The number of halogens is 1. The Balaban J connectivity index is 2.59. The number of benzene rings is 1. The van der Waals surface area contributed by atoms with Gasteiger partial charge >= 0.3 is 0 Å². The van der Waals surface area contributed by atoms with Crippen molar-refractivity contribution >= 4 is 15.9 Å². The molecule has 2 heteroatoms. The normalized spacial score (nSPS) is 10.3. The van der Waals surface area contributed by atoms with Gasteiger partial charge in [0.2, 0.25) is 0 Å². The van der Waals surface area contributed by atoms with Gasteiger partial charge in [-0.3, -0.25) is 0 Å². The maximum Gasteiger partial charge on any atom is 0.0984 e. The van der Waals surface area contributed by atoms with Gasteiger partial charge in [0.25, 0.3) is 0 Å². The van der Waals surface area contributed by atoms with Crippen molar-refractivity contribution in [2.45, 2.75) is 0 Å². The minimum Gasteiger partial charge on any atom is -0.472 e. The molecule has 1 nitrogen and oxygen atoms in total. The van der Waals surface area contributed by atoms with Crippen molar-refractivity contribution < 1.29 is 4.42 Å². The molecule has 1 radical (unpaired) electrons. The minimum absolute atomic E-state index is 0.909. The molecule has 65 valence electrons. The Labute approximate surface area is 85.5 Å². The summed E-state index contributed by atoms with van der Waals surface area (Å²) < 4.78 is 6.13. The predicted molar refractivity (Wildman–Crippen MR) is 56.3 cm³/mol. The van der Waals surface area contributed by atoms with Crippen LogP contribution >= 0.6 is 15.9 Å². The summed E-state index contributed by atoms with van der Waals surface area (Å²) in [7, 11) is 0. The van der Waals surface area contributed by atoms with Crippen molar-refractivity contribution in [2.75, 3.05) is 0 Å². The number of furan rings is 1. The van der Waals surface area contributed by atoms with Crippen LogP contribution in [0.1, 0.15) is 5.56 Å². The van der Waals surface area contributed by atoms with Crippen LogP contribution in [-0.2, 0) is 0 Å². The average Bonchev–Trinajstić information content (AvgIpc) is 2.52. The van der Waals surface area contributed by atoms with E-state index in [1.807, 2.05) is 24.3 Å². The molecule has 0 N–H and O–H groups in total. The lowest BCUT2D eigenvalue weighted by molar-refractivity contribution is 0.567. The first-order valence-corrected chi connectivity index (χ1v) is 4.71. The standard InChI is InChI=1S/C11H8BrO/c1-8-6-13-7-10(8)9-4-2-3-5-11(9)12/h2-7H,1H2. The summed E-state index contributed by atoms with van der Waals surface area (Å²) in [5, 5.41) is 0. The lowest BCUT2D eigenvalue weighted by Crippen LogP contribution is -1.78. The molecule has 0 saturated carbocycles. The Bertz CT molecular complexity index is 418. The number of rotatable bonds is 1. The van der Waals surface area contributed by atoms with E-state index in [1.54, 1.807) is 12.5 Å². The molecule has 0 spiro atoms. The van der Waals surface area contributed by atoms with Crippen LogP contribution in [0, 0.1) is 6.92 Å². The topological polar surface area (TPSA) is 13.1 Å². The fraction of sp³-hybridized carbons (Fsp3) is 0. The molecule has 1 heterocycles. The van der Waals surface area contributed by atoms with Crippen LogP contribution in [0.2, 0.25) is 0 Å². The maximum absolute atomic E-state index is 5.07. The second kappa shape index (κ2) is 3.38. The van der Waals surface area contributed by atoms with Gasteiger partial charge in [-0.05, 0) is 24.1 Å². The molecule has 2 aromatic rings. The lowest BCUT2D eigenvalue weighted by atomic mass is 10.1. The van der Waals surface area contributed by atoms with E-state index in [0.29, 0.717) is 0 Å². The summed E-state index contributed by atoms with van der Waals surface area (Å²) in [5.74, 6) is 0. The van der Waals surface area contributed by atoms with Crippen LogP contribution in [0.15, 0.2) is 45.7 Å². The van der Waals surface area contributed by atoms with Gasteiger partial charge in [0.05, 0.1) is 12.5 Å². The zero-order chi connectivity index (χ0) is 9.26. The Morgan fingerprint density at radius 3 is 2.46 bits per heavy atom. The van der Waals surface area contributed by atoms with Gasteiger partial charge in [-0.25, -0.2) is 0 Å². The first-order valence-electron chi connectivity index (χ1n) is 3.92. The van der Waals surface area contributed by atoms with Crippen molar-refractivity contribution in [1.82, 2.24) is 0 Å². The number of hydrogen-bond acceptors (Lipinski definition) is 1. The van der Waals surface area contributed by atoms with Crippen LogP contribution in [0.4, 0.5) is 0 Å². The molecule has 1 aromatic heterocycles. The van der Waals surface area contributed by atoms with Crippen LogP contribution in [-0.4, -0.2) is 0 Å². The molecule has 0 aliphatic heterocycles. The molecule has 2 rings (SSSR count). The molecule has 0 saturated heterocycles. The second-order valence-corrected chi connectivity index (χ2v) is 3.64. The van der Waals surface area contributed by atoms with Gasteiger partial charge < -0.3 is 4.42 Å². The molecule has 13 heavy (non-hydrogen) atoms. The molecular formula is C11H8BrO. The lowest BCUT2D eigenvalue weighted by Gasteiger charge is -2.01. The summed E-state index contributed by atoms with van der Waals surface area (Å²) in [5.41, 5.74) is 3.06. The van der Waals surface area contributed by atoms with Gasteiger partial charge in [-0.15, -0.1) is 0 Å². The highest BCUT2D eigenvalue weighted by Crippen LogP contribution is 2.30. The minimum atomic E-state index is 0.909. The summed E-state index contributed by atoms with van der Waals surface area (Å²) >= 11 is 3.48. The first kappa shape index (κ1) is 8.57. The van der Waals surface area contributed by atoms with E-state index in [4.69, 9.17) is 4.42 Å². The zero-order valence-corrected chi connectivity index (χ0v) is 8.54. The van der Waals surface area contributed by atoms with E-state index in [-0.39, 0.29) is 0 Å². The van der Waals surface area contributed by atoms with E-state index in [0.717, 1.165) is 21.2 Å². The van der Waals surface area contributed by atoms with E-state index in [2.05, 4.69) is 22.9 Å². The average molecular weight is 236 g/mol. The molecule has 0 amide bonds. The Kier molecular flexibility index (Phi) is 2.23. The van der Waals surface area contributed by atoms with Crippen LogP contribution < -0.4 is 0 Å². The highest BCUT2D eigenvalue weighted by molar-refractivity contribution is 9.10. The van der Waals surface area contributed by atoms with Crippen molar-refractivity contribution in [3.05, 3.63) is 53.8 Å². The molecule has 1 aromatic carbocycles. The summed E-state index contributed by atoms with van der Waals surface area (Å²) in [6, 6.07) is 8.01. The first-order chi connectivity index (χ1) is 6.29. The van der Waals surface area contributed by atoms with Gasteiger partial charge in [0, 0.05) is 10.0 Å². The molecule has 0 bridgehead atoms. The monoisotopic (exact) mass is 235 g/mol. The van der Waals surface area contributed by atoms with Crippen molar-refractivity contribution in [1.29, 1.82) is 0 Å². The predicted octanol–water partition coefficient (Wildman–Crippen LogP) is 3.89. The summed E-state index contributed by atoms with van der Waals surface area (Å²) in [6.45, 7) is 3.88. The second-order valence-electron chi connectivity index (χ2n) is 2.79. The van der Waals surface area contributed by atoms with Crippen LogP contribution in [0.5, 0.6) is 0 Å². The Morgan fingerprint density at radius 2 is 1.85 bits per heavy atom. The van der Waals surface area contributed by atoms with E-state index >= 15 is 0 Å². The summed E-state index contributed by atoms with van der Waals surface area (Å²) in [4.78, 5) is 0. The molecule has 0 unspecified atom stereocenters. The smallest absolute Gasteiger partial charge is 0.0984 e. The van der Waals surface area contributed by atoms with E-state index < -0.39 is 0 Å². The molecule has 0 atom stereocenters. The van der Waals surface area contributed by atoms with Gasteiger partial charge in [-0.2, -0.15) is 0 Å². The van der Waals surface area contributed by atoms with Gasteiger partial charge in [0.15, 0.2) is 0 Å². The quantitative estimate of drug-likeness (QED) is 0.731. The van der Waals surface area contributed by atoms with Gasteiger partial charge in [-0.1, -0.05) is 34.1 Å². The molecule has 0 aliphatic rings. The van der Waals surface area contributed by atoms with Crippen molar-refractivity contribution in [3.8, 4) is 11.1 Å².